The molecule has 2 N–H and O–H groups in total. The number of aromatic nitrogens is 2. The fraction of sp³-hybridized carbons (Fsp3) is 0. The summed E-state index contributed by atoms with van der Waals surface area (Å²) in [7, 11) is 0. The largest absolute Gasteiger partial charge is 0.399 e. The van der Waals surface area contributed by atoms with Crippen molar-refractivity contribution in [3.8, 4) is 22.2 Å². The number of anilines is 1. The van der Waals surface area contributed by atoms with Gasteiger partial charge in [-0.1, -0.05) is 22.8 Å². The fourth-order valence-corrected chi connectivity index (χ4v) is 2.39. The minimum absolute atomic E-state index is 0.371. The van der Waals surface area contributed by atoms with E-state index in [1.807, 2.05) is 17.5 Å². The molecule has 90 valence electrons. The average molecular weight is 278 g/mol. The molecule has 0 bridgehead atoms. The van der Waals surface area contributed by atoms with Gasteiger partial charge in [-0.15, -0.1) is 11.3 Å². The molecule has 2 aromatic heterocycles. The highest BCUT2D eigenvalue weighted by Gasteiger charge is 2.14. The Hall–Kier alpha value is -1.85. The molecule has 0 atom stereocenters. The van der Waals surface area contributed by atoms with Crippen LogP contribution in [0.2, 0.25) is 5.02 Å². The summed E-state index contributed by atoms with van der Waals surface area (Å²) in [6.07, 6.45) is 0. The fourth-order valence-electron chi connectivity index (χ4n) is 1.55. The van der Waals surface area contributed by atoms with Gasteiger partial charge in [-0.3, -0.25) is 0 Å². The van der Waals surface area contributed by atoms with E-state index in [2.05, 4.69) is 10.1 Å². The second-order valence-corrected chi connectivity index (χ2v) is 4.99. The molecule has 2 heterocycles. The van der Waals surface area contributed by atoms with E-state index in [0.717, 1.165) is 4.88 Å². The SMILES string of the molecule is Nc1ccc(Cl)c(-c2nc(-c3cccs3)no2)c1. The first kappa shape index (κ1) is 11.3. The number of rotatable bonds is 2. The number of hydrogen-bond donors (Lipinski definition) is 1. The third-order valence-electron chi connectivity index (χ3n) is 2.39. The van der Waals surface area contributed by atoms with Crippen LogP contribution in [0.1, 0.15) is 0 Å². The van der Waals surface area contributed by atoms with Gasteiger partial charge in [0, 0.05) is 5.69 Å². The maximum absolute atomic E-state index is 6.08. The van der Waals surface area contributed by atoms with Gasteiger partial charge in [0.2, 0.25) is 5.82 Å². The Kier molecular flexibility index (Phi) is 2.77. The maximum Gasteiger partial charge on any atom is 0.259 e. The van der Waals surface area contributed by atoms with Crippen LogP contribution in [-0.4, -0.2) is 10.1 Å². The van der Waals surface area contributed by atoms with Crippen LogP contribution in [0.25, 0.3) is 22.2 Å². The summed E-state index contributed by atoms with van der Waals surface area (Å²) in [5, 5.41) is 6.42. The lowest BCUT2D eigenvalue weighted by Gasteiger charge is -1.99. The topological polar surface area (TPSA) is 64.9 Å². The number of nitrogen functional groups attached to an aromatic ring is 1. The highest BCUT2D eigenvalue weighted by molar-refractivity contribution is 7.13. The summed E-state index contributed by atoms with van der Waals surface area (Å²) >= 11 is 7.63. The zero-order chi connectivity index (χ0) is 12.5. The minimum atomic E-state index is 0.371. The predicted molar refractivity (Wildman–Crippen MR) is 72.5 cm³/mol. The molecule has 18 heavy (non-hydrogen) atoms. The first-order valence-electron chi connectivity index (χ1n) is 5.17. The molecule has 1 aromatic carbocycles. The standard InChI is InChI=1S/C12H8ClN3OS/c13-9-4-3-7(14)6-8(9)12-15-11(16-17-12)10-2-1-5-18-10/h1-6H,14H2. The molecule has 0 spiro atoms. The highest BCUT2D eigenvalue weighted by Crippen LogP contribution is 2.30. The second-order valence-electron chi connectivity index (χ2n) is 3.64. The van der Waals surface area contributed by atoms with Gasteiger partial charge in [-0.25, -0.2) is 0 Å². The Labute approximate surface area is 112 Å². The van der Waals surface area contributed by atoms with Crippen LogP contribution < -0.4 is 5.73 Å². The van der Waals surface area contributed by atoms with Gasteiger partial charge in [0.15, 0.2) is 0 Å². The van der Waals surface area contributed by atoms with Crippen molar-refractivity contribution >= 4 is 28.6 Å². The van der Waals surface area contributed by atoms with Crippen molar-refractivity contribution in [3.05, 3.63) is 40.7 Å². The van der Waals surface area contributed by atoms with E-state index in [1.54, 1.807) is 29.5 Å². The van der Waals surface area contributed by atoms with Crippen LogP contribution in [0.15, 0.2) is 40.2 Å². The van der Waals surface area contributed by atoms with Crippen LogP contribution in [0.3, 0.4) is 0 Å². The maximum atomic E-state index is 6.08. The van der Waals surface area contributed by atoms with Crippen molar-refractivity contribution in [3.63, 3.8) is 0 Å². The Bertz CT molecular complexity index is 678. The van der Waals surface area contributed by atoms with E-state index in [4.69, 9.17) is 21.9 Å². The summed E-state index contributed by atoms with van der Waals surface area (Å²) < 4.78 is 5.22. The van der Waals surface area contributed by atoms with E-state index in [-0.39, 0.29) is 0 Å². The Morgan fingerprint density at radius 3 is 2.94 bits per heavy atom. The van der Waals surface area contributed by atoms with Crippen molar-refractivity contribution < 1.29 is 4.52 Å². The van der Waals surface area contributed by atoms with E-state index >= 15 is 0 Å². The van der Waals surface area contributed by atoms with Crippen LogP contribution in [-0.2, 0) is 0 Å². The first-order valence-corrected chi connectivity index (χ1v) is 6.43. The summed E-state index contributed by atoms with van der Waals surface area (Å²) in [6, 6.07) is 9.02. The molecule has 0 radical (unpaired) electrons. The molecular weight excluding hydrogens is 270 g/mol. The third-order valence-corrected chi connectivity index (χ3v) is 3.58. The molecule has 0 aliphatic carbocycles. The zero-order valence-electron chi connectivity index (χ0n) is 9.13. The molecule has 3 aromatic rings. The van der Waals surface area contributed by atoms with Crippen LogP contribution in [0.5, 0.6) is 0 Å². The quantitative estimate of drug-likeness (QED) is 0.725. The number of halogens is 1. The molecule has 0 amide bonds. The number of nitrogens with two attached hydrogens (primary N) is 1. The molecule has 0 fully saturated rings. The smallest absolute Gasteiger partial charge is 0.259 e. The van der Waals surface area contributed by atoms with Crippen molar-refractivity contribution in [1.29, 1.82) is 0 Å². The lowest BCUT2D eigenvalue weighted by atomic mass is 10.2. The summed E-state index contributed by atoms with van der Waals surface area (Å²) in [5.41, 5.74) is 6.97. The minimum Gasteiger partial charge on any atom is -0.399 e. The van der Waals surface area contributed by atoms with E-state index in [0.29, 0.717) is 28.0 Å². The lowest BCUT2D eigenvalue weighted by Crippen LogP contribution is -1.86. The number of thiophene rings is 1. The zero-order valence-corrected chi connectivity index (χ0v) is 10.7. The molecule has 3 rings (SSSR count). The average Bonchev–Trinajstić information content (AvgIpc) is 3.00. The van der Waals surface area contributed by atoms with Gasteiger partial charge in [-0.05, 0) is 29.6 Å². The van der Waals surface area contributed by atoms with Gasteiger partial charge in [-0.2, -0.15) is 4.98 Å². The molecule has 0 saturated carbocycles. The lowest BCUT2D eigenvalue weighted by molar-refractivity contribution is 0.432. The summed E-state index contributed by atoms with van der Waals surface area (Å²) in [6.45, 7) is 0. The number of nitrogens with zero attached hydrogens (tertiary/aromatic N) is 2. The number of hydrogen-bond acceptors (Lipinski definition) is 5. The molecule has 4 nitrogen and oxygen atoms in total. The molecule has 6 heteroatoms. The third kappa shape index (κ3) is 1.98. The normalized spacial score (nSPS) is 10.7. The molecule has 0 unspecified atom stereocenters. The molecule has 0 aliphatic heterocycles. The Morgan fingerprint density at radius 1 is 1.28 bits per heavy atom. The predicted octanol–water partition coefficient (Wildman–Crippen LogP) is 3.70. The summed E-state index contributed by atoms with van der Waals surface area (Å²) in [4.78, 5) is 5.27. The van der Waals surface area contributed by atoms with Gasteiger partial charge < -0.3 is 10.3 Å². The second kappa shape index (κ2) is 4.44. The van der Waals surface area contributed by atoms with Crippen LogP contribution in [0.4, 0.5) is 5.69 Å². The van der Waals surface area contributed by atoms with Crippen molar-refractivity contribution in [2.75, 3.05) is 5.73 Å². The Morgan fingerprint density at radius 2 is 2.17 bits per heavy atom. The summed E-state index contributed by atoms with van der Waals surface area (Å²) in [5.74, 6) is 0.925. The van der Waals surface area contributed by atoms with E-state index in [9.17, 15) is 0 Å². The van der Waals surface area contributed by atoms with E-state index in [1.165, 1.54) is 0 Å². The highest BCUT2D eigenvalue weighted by atomic mass is 35.5. The van der Waals surface area contributed by atoms with Gasteiger partial charge in [0.25, 0.3) is 5.89 Å². The van der Waals surface area contributed by atoms with Gasteiger partial charge in [0.1, 0.15) is 0 Å². The first-order chi connectivity index (χ1) is 8.74. The monoisotopic (exact) mass is 277 g/mol. The number of benzene rings is 1. The van der Waals surface area contributed by atoms with Gasteiger partial charge >= 0.3 is 0 Å². The molecule has 0 saturated heterocycles. The molecule has 0 aliphatic rings. The van der Waals surface area contributed by atoms with Crippen LogP contribution in [0, 0.1) is 0 Å². The van der Waals surface area contributed by atoms with Gasteiger partial charge in [0.05, 0.1) is 15.5 Å². The van der Waals surface area contributed by atoms with Crippen LogP contribution >= 0.6 is 22.9 Å². The van der Waals surface area contributed by atoms with Crippen molar-refractivity contribution in [2.24, 2.45) is 0 Å². The van der Waals surface area contributed by atoms with Crippen molar-refractivity contribution in [2.45, 2.75) is 0 Å². The molecular formula is C12H8ClN3OS. The van der Waals surface area contributed by atoms with E-state index < -0.39 is 0 Å². The van der Waals surface area contributed by atoms with Crippen molar-refractivity contribution in [1.82, 2.24) is 10.1 Å². The Balaban J connectivity index is 2.05.